The molecule has 1 aromatic rings. The molecule has 3 rings (SSSR count). The molecule has 1 atom stereocenters. The van der Waals surface area contributed by atoms with Gasteiger partial charge in [-0.1, -0.05) is 0 Å². The maximum Gasteiger partial charge on any atom is 0.269 e. The van der Waals surface area contributed by atoms with E-state index < -0.39 is 0 Å². The maximum absolute atomic E-state index is 12.4. The van der Waals surface area contributed by atoms with Crippen molar-refractivity contribution in [2.45, 2.75) is 44.7 Å². The van der Waals surface area contributed by atoms with Crippen molar-refractivity contribution < 1.29 is 9.59 Å². The molecule has 0 radical (unpaired) electrons. The zero-order chi connectivity index (χ0) is 17.1. The smallest absolute Gasteiger partial charge is 0.269 e. The van der Waals surface area contributed by atoms with Gasteiger partial charge < -0.3 is 10.2 Å². The number of aromatic nitrogens is 2. The minimum atomic E-state index is -0.176. The number of rotatable bonds is 4. The normalized spacial score (nSPS) is 24.0. The average Bonchev–Trinajstić information content (AvgIpc) is 3.06. The topological polar surface area (TPSA) is 81.3 Å². The van der Waals surface area contributed by atoms with Crippen molar-refractivity contribution in [3.63, 3.8) is 0 Å². The molecule has 132 valence electrons. The van der Waals surface area contributed by atoms with E-state index in [0.717, 1.165) is 39.0 Å². The van der Waals surface area contributed by atoms with Gasteiger partial charge in [-0.15, -0.1) is 0 Å². The van der Waals surface area contributed by atoms with Gasteiger partial charge >= 0.3 is 0 Å². The van der Waals surface area contributed by atoms with Crippen LogP contribution in [0.25, 0.3) is 0 Å². The van der Waals surface area contributed by atoms with E-state index in [1.54, 1.807) is 0 Å². The number of H-pyrrole nitrogens is 1. The van der Waals surface area contributed by atoms with Crippen LogP contribution in [0.15, 0.2) is 6.07 Å². The van der Waals surface area contributed by atoms with Gasteiger partial charge in [-0.25, -0.2) is 0 Å². The molecular formula is C17H27N5O2. The lowest BCUT2D eigenvalue weighted by molar-refractivity contribution is 0.0763. The van der Waals surface area contributed by atoms with E-state index >= 15 is 0 Å². The van der Waals surface area contributed by atoms with Crippen LogP contribution in [-0.2, 0) is 0 Å². The van der Waals surface area contributed by atoms with Crippen LogP contribution in [0.5, 0.6) is 0 Å². The standard InChI is InChI=1S/C17H27N5O2/c1-12(23)15-10-16(20-19-15)17(24)18-13-4-3-7-22(11-13)14-5-8-21(2)9-6-14/h10,13-14H,3-9,11H2,1-2H3,(H,18,24)(H,19,20)/t13-/m1/s1. The first kappa shape index (κ1) is 17.1. The third kappa shape index (κ3) is 4.02. The lowest BCUT2D eigenvalue weighted by Crippen LogP contribution is -2.53. The summed E-state index contributed by atoms with van der Waals surface area (Å²) in [5.41, 5.74) is 0.661. The van der Waals surface area contributed by atoms with Crippen molar-refractivity contribution in [2.75, 3.05) is 33.2 Å². The van der Waals surface area contributed by atoms with Crippen LogP contribution in [0, 0.1) is 0 Å². The summed E-state index contributed by atoms with van der Waals surface area (Å²) < 4.78 is 0. The number of carbonyl (C=O) groups excluding carboxylic acids is 2. The minimum Gasteiger partial charge on any atom is -0.347 e. The van der Waals surface area contributed by atoms with Gasteiger partial charge in [0.25, 0.3) is 5.91 Å². The Morgan fingerprint density at radius 1 is 1.25 bits per heavy atom. The molecule has 0 bridgehead atoms. The van der Waals surface area contributed by atoms with Gasteiger partial charge in [-0.2, -0.15) is 5.10 Å². The highest BCUT2D eigenvalue weighted by Crippen LogP contribution is 2.20. The predicted octanol–water partition coefficient (Wildman–Crippen LogP) is 0.901. The van der Waals surface area contributed by atoms with Crippen LogP contribution >= 0.6 is 0 Å². The highest BCUT2D eigenvalue weighted by Gasteiger charge is 2.29. The minimum absolute atomic E-state index is 0.142. The van der Waals surface area contributed by atoms with Gasteiger partial charge in [0, 0.05) is 25.6 Å². The fraction of sp³-hybridized carbons (Fsp3) is 0.706. The number of nitrogens with one attached hydrogen (secondary N) is 2. The van der Waals surface area contributed by atoms with Gasteiger partial charge in [-0.3, -0.25) is 19.6 Å². The molecule has 0 saturated carbocycles. The fourth-order valence-electron chi connectivity index (χ4n) is 3.70. The second kappa shape index (κ2) is 7.44. The van der Waals surface area contributed by atoms with Crippen molar-refractivity contribution in [1.82, 2.24) is 25.3 Å². The summed E-state index contributed by atoms with van der Waals surface area (Å²) >= 11 is 0. The Balaban J connectivity index is 1.54. The molecule has 0 aliphatic carbocycles. The number of hydrogen-bond acceptors (Lipinski definition) is 5. The monoisotopic (exact) mass is 333 g/mol. The van der Waals surface area contributed by atoms with Crippen molar-refractivity contribution in [2.24, 2.45) is 0 Å². The summed E-state index contributed by atoms with van der Waals surface area (Å²) in [4.78, 5) is 28.6. The number of ketones is 1. The Hall–Kier alpha value is -1.73. The summed E-state index contributed by atoms with van der Waals surface area (Å²) in [7, 11) is 2.18. The second-order valence-electron chi connectivity index (χ2n) is 7.07. The van der Waals surface area contributed by atoms with E-state index in [0.29, 0.717) is 17.4 Å². The summed E-state index contributed by atoms with van der Waals surface area (Å²) in [5.74, 6) is -0.318. The number of piperidine rings is 2. The van der Waals surface area contributed by atoms with Crippen LogP contribution in [-0.4, -0.2) is 77.0 Å². The van der Waals surface area contributed by atoms with Crippen LogP contribution in [0.2, 0.25) is 0 Å². The van der Waals surface area contributed by atoms with Crippen LogP contribution in [0.3, 0.4) is 0 Å². The number of likely N-dealkylation sites (tertiary alicyclic amines) is 2. The lowest BCUT2D eigenvalue weighted by Gasteiger charge is -2.41. The third-order valence-electron chi connectivity index (χ3n) is 5.18. The second-order valence-corrected chi connectivity index (χ2v) is 7.07. The predicted molar refractivity (Wildman–Crippen MR) is 91.2 cm³/mol. The van der Waals surface area contributed by atoms with Crippen LogP contribution < -0.4 is 5.32 Å². The molecule has 2 N–H and O–H groups in total. The number of Topliss-reactive ketones (excluding diaryl/α,β-unsaturated/α-hetero) is 1. The van der Waals surface area contributed by atoms with E-state index in [9.17, 15) is 9.59 Å². The number of nitrogens with zero attached hydrogens (tertiary/aromatic N) is 3. The van der Waals surface area contributed by atoms with E-state index in [1.165, 1.54) is 25.8 Å². The van der Waals surface area contributed by atoms with Gasteiger partial charge in [0.15, 0.2) is 5.78 Å². The highest BCUT2D eigenvalue weighted by atomic mass is 16.2. The largest absolute Gasteiger partial charge is 0.347 e. The Morgan fingerprint density at radius 2 is 2.00 bits per heavy atom. The van der Waals surface area contributed by atoms with Gasteiger partial charge in [0.1, 0.15) is 11.4 Å². The molecule has 1 aromatic heterocycles. The van der Waals surface area contributed by atoms with Crippen molar-refractivity contribution >= 4 is 11.7 Å². The number of amides is 1. The fourth-order valence-corrected chi connectivity index (χ4v) is 3.70. The molecule has 0 aromatic carbocycles. The molecule has 24 heavy (non-hydrogen) atoms. The van der Waals surface area contributed by atoms with Gasteiger partial charge in [0.05, 0.1) is 0 Å². The Labute approximate surface area is 142 Å². The molecule has 2 saturated heterocycles. The third-order valence-corrected chi connectivity index (χ3v) is 5.18. The van der Waals surface area contributed by atoms with Crippen LogP contribution in [0.4, 0.5) is 0 Å². The van der Waals surface area contributed by atoms with Crippen molar-refractivity contribution in [1.29, 1.82) is 0 Å². The molecule has 0 spiro atoms. The van der Waals surface area contributed by atoms with E-state index in [4.69, 9.17) is 0 Å². The summed E-state index contributed by atoms with van der Waals surface area (Å²) in [6, 6.07) is 2.32. The molecule has 7 nitrogen and oxygen atoms in total. The molecule has 3 heterocycles. The first-order valence-electron chi connectivity index (χ1n) is 8.82. The molecule has 2 fully saturated rings. The Morgan fingerprint density at radius 3 is 2.67 bits per heavy atom. The molecule has 7 heteroatoms. The summed E-state index contributed by atoms with van der Waals surface area (Å²) in [5, 5.41) is 9.62. The SMILES string of the molecule is CC(=O)c1cc(C(=O)N[C@@H]2CCCN(C3CCN(C)CC3)C2)[nH]n1. The van der Waals surface area contributed by atoms with E-state index in [2.05, 4.69) is 32.4 Å². The van der Waals surface area contributed by atoms with E-state index in [1.807, 2.05) is 0 Å². The van der Waals surface area contributed by atoms with Gasteiger partial charge in [-0.05, 0) is 58.4 Å². The van der Waals surface area contributed by atoms with Gasteiger partial charge in [0.2, 0.25) is 0 Å². The van der Waals surface area contributed by atoms with Crippen molar-refractivity contribution in [3.8, 4) is 0 Å². The summed E-state index contributed by atoms with van der Waals surface area (Å²) in [6.45, 7) is 5.78. The lowest BCUT2D eigenvalue weighted by atomic mass is 9.98. The zero-order valence-electron chi connectivity index (χ0n) is 14.5. The molecular weight excluding hydrogens is 306 g/mol. The number of carbonyl (C=O) groups is 2. The maximum atomic E-state index is 12.4. The molecule has 0 unspecified atom stereocenters. The number of aromatic amines is 1. The molecule has 2 aliphatic rings. The highest BCUT2D eigenvalue weighted by molar-refractivity contribution is 5.97. The quantitative estimate of drug-likeness (QED) is 0.800. The Bertz CT molecular complexity index is 592. The van der Waals surface area contributed by atoms with Crippen LogP contribution in [0.1, 0.15) is 53.6 Å². The van der Waals surface area contributed by atoms with E-state index in [-0.39, 0.29) is 17.7 Å². The first-order chi connectivity index (χ1) is 11.5. The first-order valence-corrected chi connectivity index (χ1v) is 8.82. The van der Waals surface area contributed by atoms with Crippen molar-refractivity contribution in [3.05, 3.63) is 17.5 Å². The summed E-state index contributed by atoms with van der Waals surface area (Å²) in [6.07, 6.45) is 4.53. The average molecular weight is 333 g/mol. The zero-order valence-corrected chi connectivity index (χ0v) is 14.5. The Kier molecular flexibility index (Phi) is 5.30. The number of hydrogen-bond donors (Lipinski definition) is 2. The molecule has 2 aliphatic heterocycles. The molecule has 1 amide bonds.